The van der Waals surface area contributed by atoms with Crippen LogP contribution in [0.4, 0.5) is 0 Å². The van der Waals surface area contributed by atoms with Crippen LogP contribution in [0.5, 0.6) is 5.75 Å². The van der Waals surface area contributed by atoms with Crippen molar-refractivity contribution >= 4 is 11.8 Å². The van der Waals surface area contributed by atoms with Gasteiger partial charge in [-0.2, -0.15) is 0 Å². The highest BCUT2D eigenvalue weighted by atomic mass is 16.5. The van der Waals surface area contributed by atoms with Gasteiger partial charge >= 0.3 is 0 Å². The fourth-order valence-corrected chi connectivity index (χ4v) is 4.07. The lowest BCUT2D eigenvalue weighted by Gasteiger charge is -2.33. The van der Waals surface area contributed by atoms with Gasteiger partial charge in [0.05, 0.1) is 12.6 Å². The topological polar surface area (TPSA) is 70.7 Å². The fourth-order valence-electron chi connectivity index (χ4n) is 4.07. The molecule has 2 aliphatic heterocycles. The Hall–Kier alpha value is -2.08. The van der Waals surface area contributed by atoms with Crippen LogP contribution in [0, 0.1) is 11.8 Å². The molecule has 2 N–H and O–H groups in total. The predicted molar refractivity (Wildman–Crippen MR) is 107 cm³/mol. The number of nitrogens with one attached hydrogen (secondary N) is 2. The van der Waals surface area contributed by atoms with Gasteiger partial charge in [0.1, 0.15) is 5.75 Å². The third-order valence-corrected chi connectivity index (χ3v) is 6.03. The minimum absolute atomic E-state index is 0.0398. The Labute approximate surface area is 167 Å². The fraction of sp³-hybridized carbons (Fsp3) is 0.636. The maximum atomic E-state index is 12.9. The van der Waals surface area contributed by atoms with E-state index in [1.165, 1.54) is 12.8 Å². The normalized spacial score (nSPS) is 24.8. The molecule has 6 heteroatoms. The Bertz CT molecular complexity index is 681. The second kappa shape index (κ2) is 8.95. The average molecular weight is 386 g/mol. The van der Waals surface area contributed by atoms with Crippen molar-refractivity contribution in [3.8, 4) is 5.75 Å². The molecular formula is C22H31N3O3. The Morgan fingerprint density at radius 2 is 1.89 bits per heavy atom. The Kier molecular flexibility index (Phi) is 6.15. The van der Waals surface area contributed by atoms with E-state index in [-0.39, 0.29) is 17.9 Å². The van der Waals surface area contributed by atoms with E-state index in [9.17, 15) is 9.59 Å². The number of piperidine rings is 1. The SMILES string of the molecule is O=C(NCC1CCCN(C(=O)c2ccc(OCC3CC3)cc2)C1)C1CCCN1. The van der Waals surface area contributed by atoms with Crippen molar-refractivity contribution in [3.05, 3.63) is 29.8 Å². The molecule has 1 aromatic rings. The van der Waals surface area contributed by atoms with E-state index < -0.39 is 0 Å². The van der Waals surface area contributed by atoms with Crippen LogP contribution in [0.25, 0.3) is 0 Å². The molecule has 3 aliphatic rings. The molecule has 0 spiro atoms. The molecular weight excluding hydrogens is 354 g/mol. The summed E-state index contributed by atoms with van der Waals surface area (Å²) in [6.45, 7) is 3.84. The van der Waals surface area contributed by atoms with Gasteiger partial charge in [-0.1, -0.05) is 0 Å². The van der Waals surface area contributed by atoms with Crippen LogP contribution in [-0.4, -0.2) is 55.5 Å². The molecule has 28 heavy (non-hydrogen) atoms. The third-order valence-electron chi connectivity index (χ3n) is 6.03. The van der Waals surface area contributed by atoms with Gasteiger partial charge in [-0.3, -0.25) is 9.59 Å². The summed E-state index contributed by atoms with van der Waals surface area (Å²) in [6.07, 6.45) is 6.55. The first-order valence-electron chi connectivity index (χ1n) is 10.7. The van der Waals surface area contributed by atoms with Crippen molar-refractivity contribution in [2.45, 2.75) is 44.6 Å². The van der Waals surface area contributed by atoms with Crippen LogP contribution in [0.1, 0.15) is 48.9 Å². The molecule has 2 saturated heterocycles. The van der Waals surface area contributed by atoms with E-state index in [0.29, 0.717) is 24.6 Å². The second-order valence-electron chi connectivity index (χ2n) is 8.43. The quantitative estimate of drug-likeness (QED) is 0.755. The lowest BCUT2D eigenvalue weighted by Crippen LogP contribution is -2.46. The molecule has 2 atom stereocenters. The highest BCUT2D eigenvalue weighted by Crippen LogP contribution is 2.29. The average Bonchev–Trinajstić information content (AvgIpc) is 3.41. The van der Waals surface area contributed by atoms with Crippen LogP contribution >= 0.6 is 0 Å². The lowest BCUT2D eigenvalue weighted by atomic mass is 9.97. The van der Waals surface area contributed by atoms with Gasteiger partial charge < -0.3 is 20.3 Å². The zero-order valence-electron chi connectivity index (χ0n) is 16.5. The van der Waals surface area contributed by atoms with Crippen LogP contribution in [0.2, 0.25) is 0 Å². The second-order valence-corrected chi connectivity index (χ2v) is 8.43. The number of carbonyl (C=O) groups is 2. The van der Waals surface area contributed by atoms with E-state index in [2.05, 4.69) is 10.6 Å². The summed E-state index contributed by atoms with van der Waals surface area (Å²) < 4.78 is 5.75. The molecule has 2 unspecified atom stereocenters. The minimum Gasteiger partial charge on any atom is -0.493 e. The molecule has 2 amide bonds. The number of likely N-dealkylation sites (tertiary alicyclic amines) is 1. The van der Waals surface area contributed by atoms with Gasteiger partial charge in [-0.25, -0.2) is 0 Å². The zero-order chi connectivity index (χ0) is 19.3. The van der Waals surface area contributed by atoms with E-state index in [1.807, 2.05) is 29.2 Å². The lowest BCUT2D eigenvalue weighted by molar-refractivity contribution is -0.123. The number of nitrogens with zero attached hydrogens (tertiary/aromatic N) is 1. The Morgan fingerprint density at radius 1 is 1.07 bits per heavy atom. The summed E-state index contributed by atoms with van der Waals surface area (Å²) in [5.41, 5.74) is 0.707. The standard InChI is InChI=1S/C22H31N3O3/c26-21(20-4-1-11-23-20)24-13-17-3-2-12-25(14-17)22(27)18-7-9-19(10-8-18)28-15-16-5-6-16/h7-10,16-17,20,23H,1-6,11-15H2,(H,24,26). The van der Waals surface area contributed by atoms with Gasteiger partial charge in [0.15, 0.2) is 0 Å². The van der Waals surface area contributed by atoms with Gasteiger partial charge in [0, 0.05) is 25.2 Å². The monoisotopic (exact) mass is 385 g/mol. The van der Waals surface area contributed by atoms with E-state index >= 15 is 0 Å². The van der Waals surface area contributed by atoms with Gasteiger partial charge in [0.25, 0.3) is 5.91 Å². The summed E-state index contributed by atoms with van der Waals surface area (Å²) in [4.78, 5) is 27.0. The van der Waals surface area contributed by atoms with Gasteiger partial charge in [-0.15, -0.1) is 0 Å². The summed E-state index contributed by atoms with van der Waals surface area (Å²) in [5.74, 6) is 2.05. The van der Waals surface area contributed by atoms with Crippen molar-refractivity contribution in [3.63, 3.8) is 0 Å². The molecule has 3 fully saturated rings. The van der Waals surface area contributed by atoms with Crippen molar-refractivity contribution in [1.29, 1.82) is 0 Å². The van der Waals surface area contributed by atoms with Crippen molar-refractivity contribution in [2.24, 2.45) is 11.8 Å². The van der Waals surface area contributed by atoms with Crippen molar-refractivity contribution in [2.75, 3.05) is 32.8 Å². The van der Waals surface area contributed by atoms with Gasteiger partial charge in [-0.05, 0) is 81.2 Å². The smallest absolute Gasteiger partial charge is 0.253 e. The number of hydrogen-bond acceptors (Lipinski definition) is 4. The van der Waals surface area contributed by atoms with Crippen LogP contribution < -0.4 is 15.4 Å². The summed E-state index contributed by atoms with van der Waals surface area (Å²) in [6, 6.07) is 7.48. The number of carbonyl (C=O) groups excluding carboxylic acids is 2. The number of hydrogen-bond donors (Lipinski definition) is 2. The number of amides is 2. The first kappa shape index (κ1) is 19.2. The zero-order valence-corrected chi connectivity index (χ0v) is 16.5. The van der Waals surface area contributed by atoms with Crippen molar-refractivity contribution in [1.82, 2.24) is 15.5 Å². The largest absolute Gasteiger partial charge is 0.493 e. The predicted octanol–water partition coefficient (Wildman–Crippen LogP) is 2.20. The Morgan fingerprint density at radius 3 is 2.61 bits per heavy atom. The third kappa shape index (κ3) is 5.04. The molecule has 6 nitrogen and oxygen atoms in total. The number of ether oxygens (including phenoxy) is 1. The van der Waals surface area contributed by atoms with E-state index in [4.69, 9.17) is 4.74 Å². The molecule has 152 valence electrons. The van der Waals surface area contributed by atoms with Crippen LogP contribution in [0.3, 0.4) is 0 Å². The molecule has 1 aromatic carbocycles. The minimum atomic E-state index is -0.0398. The highest BCUT2D eigenvalue weighted by Gasteiger charge is 2.27. The van der Waals surface area contributed by atoms with Crippen LogP contribution in [0.15, 0.2) is 24.3 Å². The molecule has 0 aromatic heterocycles. The maximum absolute atomic E-state index is 12.9. The molecule has 1 saturated carbocycles. The van der Waals surface area contributed by atoms with Crippen LogP contribution in [-0.2, 0) is 4.79 Å². The first-order chi connectivity index (χ1) is 13.7. The summed E-state index contributed by atoms with van der Waals surface area (Å²) in [7, 11) is 0. The molecule has 0 bridgehead atoms. The molecule has 2 heterocycles. The highest BCUT2D eigenvalue weighted by molar-refractivity contribution is 5.94. The van der Waals surface area contributed by atoms with E-state index in [1.54, 1.807) is 0 Å². The Balaban J connectivity index is 1.25. The maximum Gasteiger partial charge on any atom is 0.253 e. The van der Waals surface area contributed by atoms with Crippen molar-refractivity contribution < 1.29 is 14.3 Å². The molecule has 1 aliphatic carbocycles. The molecule has 4 rings (SSSR count). The number of rotatable bonds is 7. The summed E-state index contributed by atoms with van der Waals surface area (Å²) >= 11 is 0. The number of benzene rings is 1. The molecule has 0 radical (unpaired) electrons. The van der Waals surface area contributed by atoms with E-state index in [0.717, 1.165) is 57.0 Å². The summed E-state index contributed by atoms with van der Waals surface area (Å²) in [5, 5.41) is 6.30. The van der Waals surface area contributed by atoms with Gasteiger partial charge in [0.2, 0.25) is 5.91 Å². The first-order valence-corrected chi connectivity index (χ1v) is 10.7.